The number of para-hydroxylation sites is 1. The van der Waals surface area contributed by atoms with Gasteiger partial charge in [0.25, 0.3) is 5.91 Å². The van der Waals surface area contributed by atoms with Crippen LogP contribution in [0.3, 0.4) is 0 Å². The van der Waals surface area contributed by atoms with Gasteiger partial charge in [0.1, 0.15) is 0 Å². The Labute approximate surface area is 186 Å². The van der Waals surface area contributed by atoms with Crippen LogP contribution < -0.4 is 4.90 Å². The molecule has 7 heteroatoms. The summed E-state index contributed by atoms with van der Waals surface area (Å²) in [4.78, 5) is 23.6. The van der Waals surface area contributed by atoms with Gasteiger partial charge in [-0.3, -0.25) is 14.6 Å². The van der Waals surface area contributed by atoms with Crippen LogP contribution >= 0.6 is 23.1 Å². The number of benzene rings is 2. The van der Waals surface area contributed by atoms with Crippen molar-refractivity contribution in [1.29, 1.82) is 0 Å². The van der Waals surface area contributed by atoms with E-state index in [-0.39, 0.29) is 5.91 Å². The smallest absolute Gasteiger partial charge is 0.260 e. The molecule has 0 unspecified atom stereocenters. The summed E-state index contributed by atoms with van der Waals surface area (Å²) in [5.41, 5.74) is 1.65. The zero-order valence-corrected chi connectivity index (χ0v) is 18.9. The number of fused-ring (bicyclic) bond motifs is 1. The van der Waals surface area contributed by atoms with Crippen molar-refractivity contribution in [2.45, 2.75) is 18.2 Å². The van der Waals surface area contributed by atoms with Gasteiger partial charge in [-0.2, -0.15) is 0 Å². The summed E-state index contributed by atoms with van der Waals surface area (Å²) >= 11 is 3.36. The number of hydrogen-bond acceptors (Lipinski definition) is 6. The van der Waals surface area contributed by atoms with E-state index in [4.69, 9.17) is 9.72 Å². The predicted molar refractivity (Wildman–Crippen MR) is 126 cm³/mol. The van der Waals surface area contributed by atoms with E-state index >= 15 is 0 Å². The second kappa shape index (κ2) is 10.4. The van der Waals surface area contributed by atoms with E-state index < -0.39 is 0 Å². The van der Waals surface area contributed by atoms with E-state index in [2.05, 4.69) is 17.9 Å². The van der Waals surface area contributed by atoms with Crippen molar-refractivity contribution in [3.05, 3.63) is 54.1 Å². The molecule has 0 spiro atoms. The number of rotatable bonds is 8. The van der Waals surface area contributed by atoms with E-state index in [9.17, 15) is 4.79 Å². The van der Waals surface area contributed by atoms with Crippen LogP contribution in [0.4, 0.5) is 5.13 Å². The number of carbonyl (C=O) groups is 1. The fraction of sp³-hybridized carbons (Fsp3) is 0.391. The van der Waals surface area contributed by atoms with Gasteiger partial charge in [-0.15, -0.1) is 11.8 Å². The fourth-order valence-electron chi connectivity index (χ4n) is 3.55. The maximum atomic E-state index is 13.4. The predicted octanol–water partition coefficient (Wildman–Crippen LogP) is 4.78. The number of carbonyl (C=O) groups excluding carboxylic acids is 1. The second-order valence-corrected chi connectivity index (χ2v) is 9.53. The number of amides is 1. The Hall–Kier alpha value is -1.93. The lowest BCUT2D eigenvalue weighted by molar-refractivity contribution is 0.0376. The lowest BCUT2D eigenvalue weighted by Gasteiger charge is -2.27. The third-order valence-corrected chi connectivity index (χ3v) is 7.08. The largest absolute Gasteiger partial charge is 0.379 e. The maximum Gasteiger partial charge on any atom is 0.260 e. The summed E-state index contributed by atoms with van der Waals surface area (Å²) in [6, 6.07) is 16.0. The molecule has 1 fully saturated rings. The molecule has 0 N–H and O–H groups in total. The van der Waals surface area contributed by atoms with Crippen molar-refractivity contribution in [3.63, 3.8) is 0 Å². The molecule has 0 aliphatic carbocycles. The van der Waals surface area contributed by atoms with E-state index in [1.54, 1.807) is 23.1 Å². The number of anilines is 1. The molecule has 0 bridgehead atoms. The number of aromatic nitrogens is 1. The molecule has 3 aromatic rings. The summed E-state index contributed by atoms with van der Waals surface area (Å²) in [6.07, 6.45) is 0.908. The Kier molecular flexibility index (Phi) is 7.38. The highest BCUT2D eigenvalue weighted by Crippen LogP contribution is 2.30. The van der Waals surface area contributed by atoms with E-state index in [0.717, 1.165) is 60.4 Å². The van der Waals surface area contributed by atoms with Crippen LogP contribution in [-0.2, 0) is 4.74 Å². The highest BCUT2D eigenvalue weighted by atomic mass is 32.2. The molecule has 1 amide bonds. The summed E-state index contributed by atoms with van der Waals surface area (Å²) < 4.78 is 6.54. The molecule has 1 aliphatic heterocycles. The van der Waals surface area contributed by atoms with Gasteiger partial charge in [-0.1, -0.05) is 30.4 Å². The summed E-state index contributed by atoms with van der Waals surface area (Å²) in [5, 5.41) is 0.773. The van der Waals surface area contributed by atoms with Gasteiger partial charge >= 0.3 is 0 Å². The quantitative estimate of drug-likeness (QED) is 0.471. The Balaban J connectivity index is 1.53. The van der Waals surface area contributed by atoms with Gasteiger partial charge in [0.05, 0.1) is 23.4 Å². The Morgan fingerprint density at radius 3 is 2.67 bits per heavy atom. The molecular formula is C23H27N3O2S2. The van der Waals surface area contributed by atoms with Crippen molar-refractivity contribution in [2.75, 3.05) is 50.0 Å². The fourth-order valence-corrected chi connectivity index (χ4v) is 5.20. The highest BCUT2D eigenvalue weighted by Gasteiger charge is 2.22. The number of ether oxygens (including phenoxy) is 1. The van der Waals surface area contributed by atoms with Gasteiger partial charge in [0.15, 0.2) is 5.13 Å². The first-order valence-electron chi connectivity index (χ1n) is 10.4. The number of morpholine rings is 1. The zero-order chi connectivity index (χ0) is 20.8. The number of thiazole rings is 1. The summed E-state index contributed by atoms with van der Waals surface area (Å²) in [6.45, 7) is 7.27. The normalized spacial score (nSPS) is 14.8. The minimum absolute atomic E-state index is 0.0177. The summed E-state index contributed by atoms with van der Waals surface area (Å²) in [5.74, 6) is 1.04. The number of hydrogen-bond donors (Lipinski definition) is 0. The average molecular weight is 442 g/mol. The Morgan fingerprint density at radius 1 is 1.17 bits per heavy atom. The summed E-state index contributed by atoms with van der Waals surface area (Å²) in [7, 11) is 0. The molecule has 1 aliphatic rings. The Bertz CT molecular complexity index is 935. The van der Waals surface area contributed by atoms with Gasteiger partial charge in [0.2, 0.25) is 0 Å². The minimum atomic E-state index is 0.0177. The average Bonchev–Trinajstić information content (AvgIpc) is 3.22. The van der Waals surface area contributed by atoms with Crippen LogP contribution in [0.15, 0.2) is 53.4 Å². The van der Waals surface area contributed by atoms with Gasteiger partial charge in [0, 0.05) is 36.6 Å². The molecule has 30 heavy (non-hydrogen) atoms. The standard InChI is InChI=1S/C23H27N3O2S2/c1-2-29-19-10-8-18(9-11-19)22(27)26(13-5-12-25-14-16-28-17-15-25)23-24-20-6-3-4-7-21(20)30-23/h3-4,6-11H,2,5,12-17H2,1H3. The third kappa shape index (κ3) is 5.21. The first-order chi connectivity index (χ1) is 14.7. The van der Waals surface area contributed by atoms with Crippen molar-refractivity contribution >= 4 is 44.4 Å². The maximum absolute atomic E-state index is 13.4. The number of thioether (sulfide) groups is 1. The van der Waals surface area contributed by atoms with Gasteiger partial charge in [-0.05, 0) is 48.6 Å². The van der Waals surface area contributed by atoms with Gasteiger partial charge in [-0.25, -0.2) is 4.98 Å². The van der Waals surface area contributed by atoms with E-state index in [0.29, 0.717) is 12.1 Å². The zero-order valence-electron chi connectivity index (χ0n) is 17.3. The first kappa shape index (κ1) is 21.3. The highest BCUT2D eigenvalue weighted by molar-refractivity contribution is 7.99. The SMILES string of the molecule is CCSc1ccc(C(=O)N(CCCN2CCOCC2)c2nc3ccccc3s2)cc1. The molecule has 1 aromatic heterocycles. The topological polar surface area (TPSA) is 45.7 Å². The number of nitrogens with zero attached hydrogens (tertiary/aromatic N) is 3. The lowest BCUT2D eigenvalue weighted by atomic mass is 10.2. The van der Waals surface area contributed by atoms with E-state index in [1.807, 2.05) is 47.4 Å². The van der Waals surface area contributed by atoms with Gasteiger partial charge < -0.3 is 4.74 Å². The van der Waals surface area contributed by atoms with Crippen LogP contribution in [0.5, 0.6) is 0 Å². The van der Waals surface area contributed by atoms with Crippen molar-refractivity contribution in [1.82, 2.24) is 9.88 Å². The van der Waals surface area contributed by atoms with Crippen molar-refractivity contribution in [2.24, 2.45) is 0 Å². The van der Waals surface area contributed by atoms with Crippen LogP contribution in [0, 0.1) is 0 Å². The second-order valence-electron chi connectivity index (χ2n) is 7.19. The Morgan fingerprint density at radius 2 is 1.93 bits per heavy atom. The molecule has 4 rings (SSSR count). The van der Waals surface area contributed by atoms with Crippen molar-refractivity contribution < 1.29 is 9.53 Å². The lowest BCUT2D eigenvalue weighted by Crippen LogP contribution is -2.39. The van der Waals surface area contributed by atoms with E-state index in [1.165, 1.54) is 4.90 Å². The monoisotopic (exact) mass is 441 g/mol. The molecule has 158 valence electrons. The molecule has 0 atom stereocenters. The molecule has 5 nitrogen and oxygen atoms in total. The molecule has 2 heterocycles. The van der Waals surface area contributed by atoms with Crippen molar-refractivity contribution in [3.8, 4) is 0 Å². The van der Waals surface area contributed by atoms with Crippen LogP contribution in [0.25, 0.3) is 10.2 Å². The molecule has 1 saturated heterocycles. The van der Waals surface area contributed by atoms with Crippen LogP contribution in [-0.4, -0.2) is 60.9 Å². The van der Waals surface area contributed by atoms with Crippen LogP contribution in [0.1, 0.15) is 23.7 Å². The first-order valence-corrected chi connectivity index (χ1v) is 12.2. The molecule has 2 aromatic carbocycles. The molecule has 0 saturated carbocycles. The minimum Gasteiger partial charge on any atom is -0.379 e. The molecular weight excluding hydrogens is 414 g/mol. The van der Waals surface area contributed by atoms with Crippen LogP contribution in [0.2, 0.25) is 0 Å². The third-order valence-electron chi connectivity index (χ3n) is 5.13. The molecule has 0 radical (unpaired) electrons.